The van der Waals surface area contributed by atoms with Crippen LogP contribution in [0, 0.1) is 0 Å². The molecule has 0 saturated carbocycles. The zero-order chi connectivity index (χ0) is 13.0. The van der Waals surface area contributed by atoms with E-state index in [4.69, 9.17) is 11.6 Å². The number of carbonyl (C=O) groups excluding carboxylic acids is 2. The Morgan fingerprint density at radius 1 is 1.28 bits per heavy atom. The lowest BCUT2D eigenvalue weighted by molar-refractivity contribution is -0.132. The number of piperidine rings is 1. The van der Waals surface area contributed by atoms with E-state index in [1.807, 2.05) is 24.3 Å². The molecule has 1 aliphatic heterocycles. The van der Waals surface area contributed by atoms with Crippen LogP contribution in [0.15, 0.2) is 29.2 Å². The van der Waals surface area contributed by atoms with Gasteiger partial charge in [0.05, 0.1) is 10.8 Å². The summed E-state index contributed by atoms with van der Waals surface area (Å²) in [5.74, 6) is 0.697. The molecule has 1 saturated heterocycles. The molecule has 96 valence electrons. The number of rotatable bonds is 3. The fourth-order valence-electron chi connectivity index (χ4n) is 1.80. The van der Waals surface area contributed by atoms with E-state index >= 15 is 0 Å². The van der Waals surface area contributed by atoms with Gasteiger partial charge in [-0.2, -0.15) is 0 Å². The summed E-state index contributed by atoms with van der Waals surface area (Å²) in [5, 5.41) is 0.670. The normalized spacial score (nSPS) is 15.8. The Labute approximate surface area is 115 Å². The minimum Gasteiger partial charge on any atom is -0.341 e. The SMILES string of the molecule is O=C1CCN(C(=O)CSc2ccccc2Cl)CC1. The Hall–Kier alpha value is -1.00. The van der Waals surface area contributed by atoms with Crippen LogP contribution in [0.4, 0.5) is 0 Å². The smallest absolute Gasteiger partial charge is 0.232 e. The number of thioether (sulfide) groups is 1. The van der Waals surface area contributed by atoms with Crippen LogP contribution >= 0.6 is 23.4 Å². The predicted octanol–water partition coefficient (Wildman–Crippen LogP) is 2.62. The van der Waals surface area contributed by atoms with Crippen LogP contribution in [-0.4, -0.2) is 35.4 Å². The Bertz CT molecular complexity index is 454. The number of Topliss-reactive ketones (excluding diaryl/α,β-unsaturated/α-hetero) is 1. The molecule has 0 bridgehead atoms. The molecule has 1 amide bonds. The minimum absolute atomic E-state index is 0.0763. The maximum Gasteiger partial charge on any atom is 0.232 e. The molecule has 1 fully saturated rings. The second-order valence-electron chi connectivity index (χ2n) is 4.14. The summed E-state index contributed by atoms with van der Waals surface area (Å²) in [6.45, 7) is 1.11. The zero-order valence-electron chi connectivity index (χ0n) is 9.89. The highest BCUT2D eigenvalue weighted by Crippen LogP contribution is 2.26. The van der Waals surface area contributed by atoms with Crippen molar-refractivity contribution in [2.75, 3.05) is 18.8 Å². The van der Waals surface area contributed by atoms with Gasteiger partial charge in [-0.25, -0.2) is 0 Å². The van der Waals surface area contributed by atoms with Crippen molar-refractivity contribution in [3.05, 3.63) is 29.3 Å². The number of halogens is 1. The number of ketones is 1. The van der Waals surface area contributed by atoms with Crippen molar-refractivity contribution in [2.24, 2.45) is 0 Å². The molecule has 0 unspecified atom stereocenters. The largest absolute Gasteiger partial charge is 0.341 e. The first-order valence-electron chi connectivity index (χ1n) is 5.83. The lowest BCUT2D eigenvalue weighted by Crippen LogP contribution is -2.39. The molecule has 1 aromatic rings. The van der Waals surface area contributed by atoms with Crippen LogP contribution in [0.1, 0.15) is 12.8 Å². The van der Waals surface area contributed by atoms with E-state index in [0.29, 0.717) is 36.7 Å². The monoisotopic (exact) mass is 283 g/mol. The van der Waals surface area contributed by atoms with E-state index in [9.17, 15) is 9.59 Å². The van der Waals surface area contributed by atoms with Gasteiger partial charge >= 0.3 is 0 Å². The molecule has 18 heavy (non-hydrogen) atoms. The summed E-state index contributed by atoms with van der Waals surface area (Å²) in [4.78, 5) is 25.7. The average Bonchev–Trinajstić information content (AvgIpc) is 2.38. The molecule has 1 heterocycles. The average molecular weight is 284 g/mol. The topological polar surface area (TPSA) is 37.4 Å². The highest BCUT2D eigenvalue weighted by atomic mass is 35.5. The van der Waals surface area contributed by atoms with Crippen LogP contribution in [0.2, 0.25) is 5.02 Å². The third kappa shape index (κ3) is 3.50. The molecule has 5 heteroatoms. The van der Waals surface area contributed by atoms with Crippen molar-refractivity contribution in [1.82, 2.24) is 4.90 Å². The number of hydrogen-bond donors (Lipinski definition) is 0. The van der Waals surface area contributed by atoms with Crippen molar-refractivity contribution in [1.29, 1.82) is 0 Å². The van der Waals surface area contributed by atoms with Crippen molar-refractivity contribution in [2.45, 2.75) is 17.7 Å². The molecule has 0 atom stereocenters. The molecule has 0 radical (unpaired) electrons. The Kier molecular flexibility index (Phi) is 4.66. The lowest BCUT2D eigenvalue weighted by Gasteiger charge is -2.25. The number of hydrogen-bond acceptors (Lipinski definition) is 3. The number of benzene rings is 1. The predicted molar refractivity (Wildman–Crippen MR) is 73.0 cm³/mol. The molecular formula is C13H14ClNO2S. The molecule has 1 aliphatic rings. The lowest BCUT2D eigenvalue weighted by atomic mass is 10.1. The van der Waals surface area contributed by atoms with Crippen molar-refractivity contribution in [3.63, 3.8) is 0 Å². The summed E-state index contributed by atoms with van der Waals surface area (Å²) >= 11 is 7.46. The van der Waals surface area contributed by atoms with Gasteiger partial charge in [-0.1, -0.05) is 23.7 Å². The van der Waals surface area contributed by atoms with Crippen LogP contribution < -0.4 is 0 Å². The van der Waals surface area contributed by atoms with E-state index < -0.39 is 0 Å². The van der Waals surface area contributed by atoms with Crippen LogP contribution in [0.25, 0.3) is 0 Å². The third-order valence-electron chi connectivity index (χ3n) is 2.86. The Morgan fingerprint density at radius 2 is 1.94 bits per heavy atom. The molecule has 3 nitrogen and oxygen atoms in total. The summed E-state index contributed by atoms with van der Waals surface area (Å²) in [5.41, 5.74) is 0. The fourth-order valence-corrected chi connectivity index (χ4v) is 2.94. The zero-order valence-corrected chi connectivity index (χ0v) is 11.5. The molecule has 0 aromatic heterocycles. The number of amides is 1. The summed E-state index contributed by atoms with van der Waals surface area (Å²) in [7, 11) is 0. The van der Waals surface area contributed by atoms with Crippen molar-refractivity contribution < 1.29 is 9.59 Å². The van der Waals surface area contributed by atoms with Gasteiger partial charge in [0, 0.05) is 30.8 Å². The van der Waals surface area contributed by atoms with Gasteiger partial charge in [0.2, 0.25) is 5.91 Å². The molecule has 0 N–H and O–H groups in total. The molecular weight excluding hydrogens is 270 g/mol. The maximum absolute atomic E-state index is 11.9. The first-order chi connectivity index (χ1) is 8.66. The van der Waals surface area contributed by atoms with Gasteiger partial charge in [-0.3, -0.25) is 9.59 Å². The van der Waals surface area contributed by atoms with E-state index in [1.54, 1.807) is 4.90 Å². The highest BCUT2D eigenvalue weighted by molar-refractivity contribution is 8.00. The standard InChI is InChI=1S/C13H14ClNO2S/c14-11-3-1-2-4-12(11)18-9-13(17)15-7-5-10(16)6-8-15/h1-4H,5-9H2. The summed E-state index contributed by atoms with van der Waals surface area (Å²) < 4.78 is 0. The third-order valence-corrected chi connectivity index (χ3v) is 4.36. The van der Waals surface area contributed by atoms with Gasteiger partial charge in [-0.05, 0) is 12.1 Å². The Morgan fingerprint density at radius 3 is 2.61 bits per heavy atom. The van der Waals surface area contributed by atoms with E-state index in [0.717, 1.165) is 4.90 Å². The van der Waals surface area contributed by atoms with Gasteiger partial charge < -0.3 is 4.90 Å². The van der Waals surface area contributed by atoms with E-state index in [2.05, 4.69) is 0 Å². The molecule has 2 rings (SSSR count). The number of likely N-dealkylation sites (tertiary alicyclic amines) is 1. The minimum atomic E-state index is 0.0763. The van der Waals surface area contributed by atoms with Crippen LogP contribution in [0.5, 0.6) is 0 Å². The van der Waals surface area contributed by atoms with Crippen molar-refractivity contribution >= 4 is 35.1 Å². The van der Waals surface area contributed by atoms with Gasteiger partial charge in [0.15, 0.2) is 0 Å². The first-order valence-corrected chi connectivity index (χ1v) is 7.20. The Balaban J connectivity index is 1.85. The number of carbonyl (C=O) groups is 2. The maximum atomic E-state index is 11.9. The quantitative estimate of drug-likeness (QED) is 0.800. The second kappa shape index (κ2) is 6.25. The molecule has 1 aromatic carbocycles. The van der Waals surface area contributed by atoms with E-state index in [-0.39, 0.29) is 11.7 Å². The van der Waals surface area contributed by atoms with Gasteiger partial charge in [-0.15, -0.1) is 11.8 Å². The number of nitrogens with zero attached hydrogens (tertiary/aromatic N) is 1. The van der Waals surface area contributed by atoms with E-state index in [1.165, 1.54) is 11.8 Å². The highest BCUT2D eigenvalue weighted by Gasteiger charge is 2.20. The van der Waals surface area contributed by atoms with Gasteiger partial charge in [0.1, 0.15) is 5.78 Å². The van der Waals surface area contributed by atoms with Crippen LogP contribution in [0.3, 0.4) is 0 Å². The van der Waals surface area contributed by atoms with Crippen LogP contribution in [-0.2, 0) is 9.59 Å². The first kappa shape index (κ1) is 13.4. The second-order valence-corrected chi connectivity index (χ2v) is 5.56. The summed E-state index contributed by atoms with van der Waals surface area (Å²) in [6.07, 6.45) is 0.977. The fraction of sp³-hybridized carbons (Fsp3) is 0.385. The molecule has 0 spiro atoms. The van der Waals surface area contributed by atoms with Gasteiger partial charge in [0.25, 0.3) is 0 Å². The molecule has 0 aliphatic carbocycles. The summed E-state index contributed by atoms with van der Waals surface area (Å²) in [6, 6.07) is 7.48. The van der Waals surface area contributed by atoms with Crippen molar-refractivity contribution in [3.8, 4) is 0 Å².